The van der Waals surface area contributed by atoms with Crippen molar-refractivity contribution in [3.63, 3.8) is 0 Å². The van der Waals surface area contributed by atoms with Crippen LogP contribution in [-0.2, 0) is 0 Å². The molecule has 0 saturated heterocycles. The first-order valence-corrected chi connectivity index (χ1v) is 6.85. The Morgan fingerprint density at radius 3 is 2.89 bits per heavy atom. The molecule has 1 aliphatic carbocycles. The van der Waals surface area contributed by atoms with Gasteiger partial charge in [-0.25, -0.2) is 4.79 Å². The molecular formula is C15H19N3O. The van der Waals surface area contributed by atoms with E-state index in [4.69, 9.17) is 0 Å². The van der Waals surface area contributed by atoms with Gasteiger partial charge >= 0.3 is 5.69 Å². The SMILES string of the molecule is CC(NC1CC=CCC1)c1ccc2[nH]c(=O)[nH]c2c1. The smallest absolute Gasteiger partial charge is 0.307 e. The van der Waals surface area contributed by atoms with Crippen LogP contribution in [0.1, 0.15) is 37.8 Å². The van der Waals surface area contributed by atoms with Crippen LogP contribution in [0, 0.1) is 0 Å². The van der Waals surface area contributed by atoms with Crippen LogP contribution >= 0.6 is 0 Å². The second-order valence-electron chi connectivity index (χ2n) is 5.25. The van der Waals surface area contributed by atoms with E-state index in [9.17, 15) is 4.79 Å². The average Bonchev–Trinajstić information content (AvgIpc) is 2.78. The molecule has 1 heterocycles. The number of benzene rings is 1. The summed E-state index contributed by atoms with van der Waals surface area (Å²) in [5, 5.41) is 3.65. The molecule has 2 aromatic rings. The summed E-state index contributed by atoms with van der Waals surface area (Å²) in [5.74, 6) is 0. The Labute approximate surface area is 111 Å². The van der Waals surface area contributed by atoms with E-state index in [1.165, 1.54) is 12.0 Å². The highest BCUT2D eigenvalue weighted by molar-refractivity contribution is 5.75. The molecule has 0 radical (unpaired) electrons. The number of nitrogens with one attached hydrogen (secondary N) is 3. The molecule has 0 bridgehead atoms. The fourth-order valence-electron chi connectivity index (χ4n) is 2.71. The molecule has 2 atom stereocenters. The lowest BCUT2D eigenvalue weighted by Crippen LogP contribution is -2.32. The molecule has 0 aliphatic heterocycles. The van der Waals surface area contributed by atoms with Crippen LogP contribution in [0.2, 0.25) is 0 Å². The molecule has 19 heavy (non-hydrogen) atoms. The molecule has 0 amide bonds. The van der Waals surface area contributed by atoms with E-state index in [1.807, 2.05) is 12.1 Å². The molecule has 100 valence electrons. The van der Waals surface area contributed by atoms with Gasteiger partial charge in [0.15, 0.2) is 0 Å². The number of rotatable bonds is 3. The summed E-state index contributed by atoms with van der Waals surface area (Å²) >= 11 is 0. The van der Waals surface area contributed by atoms with E-state index < -0.39 is 0 Å². The molecule has 4 nitrogen and oxygen atoms in total. The molecular weight excluding hydrogens is 238 g/mol. The molecule has 1 aliphatic rings. The van der Waals surface area contributed by atoms with Crippen molar-refractivity contribution in [2.75, 3.05) is 0 Å². The maximum absolute atomic E-state index is 11.3. The maximum Gasteiger partial charge on any atom is 0.323 e. The number of imidazole rings is 1. The Balaban J connectivity index is 1.78. The van der Waals surface area contributed by atoms with Gasteiger partial charge in [0.2, 0.25) is 0 Å². The van der Waals surface area contributed by atoms with Crippen molar-refractivity contribution >= 4 is 11.0 Å². The lowest BCUT2D eigenvalue weighted by molar-refractivity contribution is 0.426. The average molecular weight is 257 g/mol. The molecule has 3 rings (SSSR count). The number of hydrogen-bond donors (Lipinski definition) is 3. The van der Waals surface area contributed by atoms with E-state index in [2.05, 4.69) is 40.4 Å². The zero-order valence-electron chi connectivity index (χ0n) is 11.1. The van der Waals surface area contributed by atoms with Gasteiger partial charge in [-0.2, -0.15) is 0 Å². The molecule has 1 aromatic heterocycles. The van der Waals surface area contributed by atoms with Gasteiger partial charge in [0.25, 0.3) is 0 Å². The van der Waals surface area contributed by atoms with Crippen LogP contribution < -0.4 is 11.0 Å². The van der Waals surface area contributed by atoms with Crippen molar-refractivity contribution in [1.29, 1.82) is 0 Å². The largest absolute Gasteiger partial charge is 0.323 e. The number of hydrogen-bond acceptors (Lipinski definition) is 2. The van der Waals surface area contributed by atoms with Crippen LogP contribution in [-0.4, -0.2) is 16.0 Å². The number of aromatic nitrogens is 2. The quantitative estimate of drug-likeness (QED) is 0.740. The Bertz CT molecular complexity index is 653. The Hall–Kier alpha value is -1.81. The number of fused-ring (bicyclic) bond motifs is 1. The summed E-state index contributed by atoms with van der Waals surface area (Å²) in [6, 6.07) is 6.92. The summed E-state index contributed by atoms with van der Waals surface area (Å²) in [6.45, 7) is 2.17. The van der Waals surface area contributed by atoms with E-state index in [1.54, 1.807) is 0 Å². The van der Waals surface area contributed by atoms with Crippen LogP contribution in [0.5, 0.6) is 0 Å². The third-order valence-corrected chi connectivity index (χ3v) is 3.79. The normalized spacial score (nSPS) is 20.8. The summed E-state index contributed by atoms with van der Waals surface area (Å²) in [4.78, 5) is 16.8. The predicted molar refractivity (Wildman–Crippen MR) is 77.2 cm³/mol. The minimum absolute atomic E-state index is 0.148. The number of allylic oxidation sites excluding steroid dienone is 1. The second kappa shape index (κ2) is 5.05. The summed E-state index contributed by atoms with van der Waals surface area (Å²) in [7, 11) is 0. The molecule has 4 heteroatoms. The topological polar surface area (TPSA) is 60.7 Å². The highest BCUT2D eigenvalue weighted by Gasteiger charge is 2.14. The van der Waals surface area contributed by atoms with Crippen molar-refractivity contribution in [1.82, 2.24) is 15.3 Å². The Morgan fingerprint density at radius 1 is 1.26 bits per heavy atom. The highest BCUT2D eigenvalue weighted by Crippen LogP contribution is 2.20. The van der Waals surface area contributed by atoms with E-state index >= 15 is 0 Å². The molecule has 0 fully saturated rings. The van der Waals surface area contributed by atoms with Crippen molar-refractivity contribution < 1.29 is 0 Å². The van der Waals surface area contributed by atoms with Crippen molar-refractivity contribution in [3.8, 4) is 0 Å². The first-order valence-electron chi connectivity index (χ1n) is 6.85. The van der Waals surface area contributed by atoms with Gasteiger partial charge in [0, 0.05) is 12.1 Å². The minimum Gasteiger partial charge on any atom is -0.307 e. The first-order chi connectivity index (χ1) is 9.22. The predicted octanol–water partition coefficient (Wildman–Crippen LogP) is 2.62. The Morgan fingerprint density at radius 2 is 2.11 bits per heavy atom. The third-order valence-electron chi connectivity index (χ3n) is 3.79. The standard InChI is InChI=1S/C15H19N3O/c1-10(16-12-5-3-2-4-6-12)11-7-8-13-14(9-11)18-15(19)17-13/h2-3,7-10,12,16H,4-6H2,1H3,(H2,17,18,19). The Kier molecular flexibility index (Phi) is 3.25. The lowest BCUT2D eigenvalue weighted by Gasteiger charge is -2.24. The van der Waals surface area contributed by atoms with E-state index in [-0.39, 0.29) is 5.69 Å². The van der Waals surface area contributed by atoms with E-state index in [0.29, 0.717) is 12.1 Å². The van der Waals surface area contributed by atoms with Gasteiger partial charge < -0.3 is 15.3 Å². The van der Waals surface area contributed by atoms with Gasteiger partial charge in [-0.3, -0.25) is 0 Å². The summed E-state index contributed by atoms with van der Waals surface area (Å²) in [5.41, 5.74) is 2.80. The first kappa shape index (κ1) is 12.2. The van der Waals surface area contributed by atoms with Gasteiger partial charge in [-0.1, -0.05) is 18.2 Å². The third kappa shape index (κ3) is 2.63. The lowest BCUT2D eigenvalue weighted by atomic mass is 9.99. The van der Waals surface area contributed by atoms with Gasteiger partial charge in [-0.15, -0.1) is 0 Å². The fraction of sp³-hybridized carbons (Fsp3) is 0.400. The fourth-order valence-corrected chi connectivity index (χ4v) is 2.71. The molecule has 1 aromatic carbocycles. The van der Waals surface area contributed by atoms with Gasteiger partial charge in [0.1, 0.15) is 0 Å². The monoisotopic (exact) mass is 257 g/mol. The van der Waals surface area contributed by atoms with Crippen molar-refractivity contribution in [2.45, 2.75) is 38.3 Å². The van der Waals surface area contributed by atoms with Crippen molar-refractivity contribution in [3.05, 3.63) is 46.4 Å². The van der Waals surface area contributed by atoms with Crippen LogP contribution in [0.15, 0.2) is 35.1 Å². The highest BCUT2D eigenvalue weighted by atomic mass is 16.1. The molecule has 3 N–H and O–H groups in total. The summed E-state index contributed by atoms with van der Waals surface area (Å²) < 4.78 is 0. The summed E-state index contributed by atoms with van der Waals surface area (Å²) in [6.07, 6.45) is 7.96. The van der Waals surface area contributed by atoms with E-state index in [0.717, 1.165) is 23.9 Å². The second-order valence-corrected chi connectivity index (χ2v) is 5.25. The van der Waals surface area contributed by atoms with Gasteiger partial charge in [-0.05, 0) is 43.9 Å². The molecule has 2 unspecified atom stereocenters. The molecule has 0 saturated carbocycles. The van der Waals surface area contributed by atoms with Crippen LogP contribution in [0.3, 0.4) is 0 Å². The number of aromatic amines is 2. The minimum atomic E-state index is -0.148. The zero-order valence-corrected chi connectivity index (χ0v) is 11.1. The van der Waals surface area contributed by atoms with Crippen molar-refractivity contribution in [2.24, 2.45) is 0 Å². The number of H-pyrrole nitrogens is 2. The van der Waals surface area contributed by atoms with Gasteiger partial charge in [0.05, 0.1) is 11.0 Å². The van der Waals surface area contributed by atoms with Crippen LogP contribution in [0.25, 0.3) is 11.0 Å². The molecule has 0 spiro atoms. The maximum atomic E-state index is 11.3. The zero-order chi connectivity index (χ0) is 13.2. The van der Waals surface area contributed by atoms with Crippen LogP contribution in [0.4, 0.5) is 0 Å².